The second kappa shape index (κ2) is 28.7. The van der Waals surface area contributed by atoms with E-state index < -0.39 is 123 Å². The average Bonchev–Trinajstić information content (AvgIpc) is 3.75. The number of aromatic nitrogens is 2. The summed E-state index contributed by atoms with van der Waals surface area (Å²) in [6.07, 6.45) is 3.84. The molecule has 0 saturated heterocycles. The molecule has 0 saturated carbocycles. The van der Waals surface area contributed by atoms with E-state index in [-0.39, 0.29) is 50.9 Å². The Bertz CT molecular complexity index is 2010. The normalized spacial score (nSPS) is 13.8. The third-order valence-corrected chi connectivity index (χ3v) is 10.6. The Labute approximate surface area is 399 Å². The number of carboxylic acid groups (broad SMARTS) is 4. The summed E-state index contributed by atoms with van der Waals surface area (Å²) in [5.41, 5.74) is 1.66. The maximum atomic E-state index is 13.8. The molecule has 0 bridgehead atoms. The van der Waals surface area contributed by atoms with E-state index in [9.17, 15) is 73.8 Å². The summed E-state index contributed by atoms with van der Waals surface area (Å²) >= 11 is 0. The van der Waals surface area contributed by atoms with Crippen LogP contribution in [0.1, 0.15) is 71.2 Å². The first-order valence-corrected chi connectivity index (χ1v) is 22.3. The third-order valence-electron chi connectivity index (χ3n) is 10.6. The van der Waals surface area contributed by atoms with Gasteiger partial charge in [-0.15, -0.1) is 0 Å². The van der Waals surface area contributed by atoms with Crippen LogP contribution in [0.4, 0.5) is 0 Å². The number of carboxylic acids is 4. The third kappa shape index (κ3) is 23.4. The molecule has 12 N–H and O–H groups in total. The number of aromatic amines is 1. The van der Waals surface area contributed by atoms with Crippen molar-refractivity contribution in [3.05, 3.63) is 53.6 Å². The van der Waals surface area contributed by atoms with Crippen LogP contribution >= 0.6 is 0 Å². The topological polar surface area (TPSA) is 374 Å². The van der Waals surface area contributed by atoms with Gasteiger partial charge in [-0.05, 0) is 36.3 Å². The molecule has 25 nitrogen and oxygen atoms in total. The first kappa shape index (κ1) is 58.6. The largest absolute Gasteiger partial charge is 0.480 e. The first-order chi connectivity index (χ1) is 32.3. The fourth-order valence-electron chi connectivity index (χ4n) is 7.15. The number of H-pyrrole nitrogens is 1. The van der Waals surface area contributed by atoms with Crippen molar-refractivity contribution in [3.8, 4) is 0 Å². The van der Waals surface area contributed by atoms with Gasteiger partial charge in [0.05, 0.1) is 44.7 Å². The number of carbonyl (C=O) groups excluding carboxylic acids is 5. The van der Waals surface area contributed by atoms with E-state index in [2.05, 4.69) is 36.6 Å². The maximum Gasteiger partial charge on any atom is 0.317 e. The number of amides is 5. The summed E-state index contributed by atoms with van der Waals surface area (Å²) in [5.74, 6) is -11.4. The quantitative estimate of drug-likeness (QED) is 0.0337. The number of carbonyl (C=O) groups is 9. The molecule has 5 amide bonds. The van der Waals surface area contributed by atoms with Gasteiger partial charge in [-0.2, -0.15) is 0 Å². The summed E-state index contributed by atoms with van der Waals surface area (Å²) in [4.78, 5) is 124. The van der Waals surface area contributed by atoms with E-state index in [4.69, 9.17) is 0 Å². The lowest BCUT2D eigenvalue weighted by molar-refractivity contribution is -0.163. The van der Waals surface area contributed by atoms with Crippen molar-refractivity contribution < 1.29 is 73.8 Å². The van der Waals surface area contributed by atoms with Gasteiger partial charge in [0, 0.05) is 52.3 Å². The number of nitrogens with zero attached hydrogens (tertiary/aromatic N) is 4. The summed E-state index contributed by atoms with van der Waals surface area (Å²) in [7, 11) is 0. The first-order valence-electron chi connectivity index (χ1n) is 22.3. The number of benzene rings is 1. The molecule has 5 atom stereocenters. The summed E-state index contributed by atoms with van der Waals surface area (Å²) < 4.78 is 0. The summed E-state index contributed by atoms with van der Waals surface area (Å²) in [5, 5.41) is 71.5. The van der Waals surface area contributed by atoms with Gasteiger partial charge in [-0.3, -0.25) is 57.9 Å². The number of nitrogens with one attached hydrogen (secondary N) is 6. The minimum absolute atomic E-state index is 0.0214. The highest BCUT2D eigenvalue weighted by atomic mass is 16.5. The van der Waals surface area contributed by atoms with Gasteiger partial charge in [-0.25, -0.2) is 4.98 Å². The van der Waals surface area contributed by atoms with Crippen molar-refractivity contribution in [3.63, 3.8) is 0 Å². The molecule has 0 aliphatic carbocycles. The second-order valence-corrected chi connectivity index (χ2v) is 17.5. The zero-order valence-electron chi connectivity index (χ0n) is 39.8. The number of hydrogen-bond donors (Lipinski definition) is 12. The van der Waals surface area contributed by atoms with Crippen LogP contribution in [0, 0.1) is 11.8 Å². The molecule has 1 unspecified atom stereocenters. The summed E-state index contributed by atoms with van der Waals surface area (Å²) in [6.45, 7) is 4.71. The van der Waals surface area contributed by atoms with Crippen molar-refractivity contribution in [2.45, 2.75) is 104 Å². The Kier molecular flexibility index (Phi) is 24.4. The van der Waals surface area contributed by atoms with Gasteiger partial charge < -0.3 is 62.2 Å². The standard InChI is InChI=1S/C44H68N10O15/c1-7-27(4)39(51-41(65)33(49-28(5)55)15-31-18-45-25-48-31)43(67)50-32(14-26(2)3)40(64)46-16-29-8-10-30(11-9-29)17-47-42(66)34(54(22-37(60)61)23-38(62)63)19-52(20-35(56)57)12-13-53(21-36(58)59)24-44(6,68)69/h8-11,18,25-27,32-34,39,68-69H,7,12-17,19-24H2,1-6H3,(H,45,48)(H,46,64)(H,47,66)(H,49,55)(H,50,67)(H,51,65)(H,56,57)(H,58,59)(H,60,61)(H,62,63)/t27?,32-,33-,34+,39-/m0/s1. The molecule has 1 heterocycles. The molecule has 384 valence electrons. The highest BCUT2D eigenvalue weighted by Crippen LogP contribution is 2.14. The predicted molar refractivity (Wildman–Crippen MR) is 244 cm³/mol. The molecule has 2 aromatic rings. The van der Waals surface area contributed by atoms with Gasteiger partial charge in [0.1, 0.15) is 24.2 Å². The second-order valence-electron chi connectivity index (χ2n) is 17.5. The molecule has 69 heavy (non-hydrogen) atoms. The fraction of sp³-hybridized carbons (Fsp3) is 0.591. The maximum absolute atomic E-state index is 13.8. The Hall–Kier alpha value is -6.54. The highest BCUT2D eigenvalue weighted by molar-refractivity contribution is 5.94. The fourth-order valence-corrected chi connectivity index (χ4v) is 7.15. The van der Waals surface area contributed by atoms with Gasteiger partial charge in [0.2, 0.25) is 29.5 Å². The molecule has 1 aromatic heterocycles. The van der Waals surface area contributed by atoms with Crippen LogP contribution in [0.3, 0.4) is 0 Å². The lowest BCUT2D eigenvalue weighted by atomic mass is 9.96. The van der Waals surface area contributed by atoms with Crippen LogP contribution in [0.5, 0.6) is 0 Å². The summed E-state index contributed by atoms with van der Waals surface area (Å²) in [6, 6.07) is 1.93. The van der Waals surface area contributed by atoms with Crippen LogP contribution in [0.25, 0.3) is 0 Å². The minimum atomic E-state index is -2.32. The van der Waals surface area contributed by atoms with Crippen molar-refractivity contribution in [2.24, 2.45) is 11.8 Å². The van der Waals surface area contributed by atoms with E-state index >= 15 is 0 Å². The zero-order chi connectivity index (χ0) is 52.0. The van der Waals surface area contributed by atoms with Crippen molar-refractivity contribution in [1.29, 1.82) is 0 Å². The number of aliphatic carboxylic acids is 4. The zero-order valence-corrected chi connectivity index (χ0v) is 39.8. The molecule has 25 heteroatoms. The Morgan fingerprint density at radius 3 is 1.68 bits per heavy atom. The van der Waals surface area contributed by atoms with Crippen molar-refractivity contribution in [2.75, 3.05) is 52.4 Å². The van der Waals surface area contributed by atoms with Crippen molar-refractivity contribution in [1.82, 2.24) is 51.3 Å². The number of hydrogen-bond acceptors (Lipinski definition) is 15. The molecular formula is C44H68N10O15. The molecule has 0 aliphatic heterocycles. The minimum Gasteiger partial charge on any atom is -0.480 e. The van der Waals surface area contributed by atoms with Crippen LogP contribution in [0.15, 0.2) is 36.8 Å². The highest BCUT2D eigenvalue weighted by Gasteiger charge is 2.34. The van der Waals surface area contributed by atoms with Crippen LogP contribution < -0.4 is 26.6 Å². The van der Waals surface area contributed by atoms with E-state index in [0.717, 1.165) is 16.7 Å². The van der Waals surface area contributed by atoms with Gasteiger partial charge in [-0.1, -0.05) is 58.4 Å². The Morgan fingerprint density at radius 2 is 1.22 bits per heavy atom. The number of rotatable bonds is 33. The lowest BCUT2D eigenvalue weighted by Gasteiger charge is -2.34. The Morgan fingerprint density at radius 1 is 0.696 bits per heavy atom. The molecule has 0 radical (unpaired) electrons. The molecule has 0 fully saturated rings. The number of imidazole rings is 1. The van der Waals surface area contributed by atoms with E-state index in [0.29, 0.717) is 23.2 Å². The lowest BCUT2D eigenvalue weighted by Crippen LogP contribution is -2.58. The molecule has 1 aromatic carbocycles. The van der Waals surface area contributed by atoms with Crippen LogP contribution in [-0.2, 0) is 62.7 Å². The van der Waals surface area contributed by atoms with Gasteiger partial charge >= 0.3 is 23.9 Å². The molecule has 0 spiro atoms. The smallest absolute Gasteiger partial charge is 0.317 e. The number of aliphatic hydroxyl groups is 2. The molecular weight excluding hydrogens is 909 g/mol. The average molecular weight is 977 g/mol. The van der Waals surface area contributed by atoms with Crippen LogP contribution in [-0.4, -0.2) is 191 Å². The predicted octanol–water partition coefficient (Wildman–Crippen LogP) is -2.23. The Balaban J connectivity index is 2.22. The monoisotopic (exact) mass is 976 g/mol. The molecule has 2 rings (SSSR count). The SMILES string of the molecule is CCC(C)[C@H](NC(=O)[C@H](Cc1c[nH]cn1)NC(C)=O)C(=O)N[C@@H](CC(C)C)C(=O)NCc1ccc(CNC(=O)[C@@H](CN(CCN(CC(=O)O)CC(C)(O)O)CC(=O)O)N(CC(=O)O)CC(=O)O)cc1. The van der Waals surface area contributed by atoms with Gasteiger partial charge in [0.25, 0.3) is 0 Å². The van der Waals surface area contributed by atoms with Crippen LogP contribution in [0.2, 0.25) is 0 Å². The van der Waals surface area contributed by atoms with Crippen molar-refractivity contribution >= 4 is 53.4 Å². The molecule has 0 aliphatic rings. The van der Waals surface area contributed by atoms with E-state index in [1.807, 2.05) is 20.8 Å². The van der Waals surface area contributed by atoms with E-state index in [1.54, 1.807) is 37.4 Å². The van der Waals surface area contributed by atoms with E-state index in [1.165, 1.54) is 18.2 Å². The van der Waals surface area contributed by atoms with Gasteiger partial charge in [0.15, 0.2) is 5.79 Å².